The van der Waals surface area contributed by atoms with Crippen molar-refractivity contribution in [2.24, 2.45) is 0 Å². The molecule has 2 N–H and O–H groups in total. The van der Waals surface area contributed by atoms with E-state index < -0.39 is 0 Å². The van der Waals surface area contributed by atoms with Crippen molar-refractivity contribution in [2.45, 2.75) is 13.3 Å². The highest BCUT2D eigenvalue weighted by Crippen LogP contribution is 2.24. The summed E-state index contributed by atoms with van der Waals surface area (Å²) < 4.78 is 5.57. The third kappa shape index (κ3) is 4.26. The van der Waals surface area contributed by atoms with Crippen LogP contribution in [0.15, 0.2) is 60.8 Å². The number of anilines is 2. The number of nitrogens with zero attached hydrogens (tertiary/aromatic N) is 1. The molecule has 0 aliphatic carbocycles. The Balaban J connectivity index is 1.58. The van der Waals surface area contributed by atoms with Gasteiger partial charge in [-0.2, -0.15) is 0 Å². The van der Waals surface area contributed by atoms with Crippen LogP contribution in [-0.2, 0) is 4.79 Å². The predicted octanol–water partition coefficient (Wildman–Crippen LogP) is 4.07. The molecular weight excluding hydrogens is 314 g/mol. The summed E-state index contributed by atoms with van der Waals surface area (Å²) in [6.07, 6.45) is 2.08. The monoisotopic (exact) mass is 335 g/mol. The zero-order valence-corrected chi connectivity index (χ0v) is 14.2. The minimum atomic E-state index is -0.0560. The fourth-order valence-electron chi connectivity index (χ4n) is 2.62. The van der Waals surface area contributed by atoms with Crippen LogP contribution in [0.25, 0.3) is 10.9 Å². The van der Waals surface area contributed by atoms with E-state index in [0.29, 0.717) is 19.6 Å². The van der Waals surface area contributed by atoms with Gasteiger partial charge in [0.2, 0.25) is 5.91 Å². The van der Waals surface area contributed by atoms with Crippen molar-refractivity contribution in [3.8, 4) is 5.75 Å². The van der Waals surface area contributed by atoms with Crippen molar-refractivity contribution in [1.82, 2.24) is 4.98 Å². The molecule has 0 radical (unpaired) electrons. The van der Waals surface area contributed by atoms with Crippen molar-refractivity contribution in [3.05, 3.63) is 60.8 Å². The van der Waals surface area contributed by atoms with Crippen LogP contribution in [0.3, 0.4) is 0 Å². The molecule has 3 aromatic rings. The molecule has 1 heterocycles. The number of aromatic nitrogens is 1. The Hall–Kier alpha value is -3.08. The second kappa shape index (κ2) is 8.15. The SMILES string of the molecule is CCOc1ccccc1NCCC(=O)Nc1cccc2cccnc12. The lowest BCUT2D eigenvalue weighted by molar-refractivity contribution is -0.115. The van der Waals surface area contributed by atoms with Crippen molar-refractivity contribution in [1.29, 1.82) is 0 Å². The first-order valence-electron chi connectivity index (χ1n) is 8.37. The Morgan fingerprint density at radius 1 is 1.04 bits per heavy atom. The normalized spacial score (nSPS) is 10.4. The summed E-state index contributed by atoms with van der Waals surface area (Å²) in [6.45, 7) is 3.07. The highest BCUT2D eigenvalue weighted by atomic mass is 16.5. The minimum Gasteiger partial charge on any atom is -0.492 e. The summed E-state index contributed by atoms with van der Waals surface area (Å²) in [5.74, 6) is 0.739. The average molecular weight is 335 g/mol. The van der Waals surface area contributed by atoms with E-state index in [0.717, 1.165) is 28.0 Å². The number of hydrogen-bond donors (Lipinski definition) is 2. The molecule has 128 valence electrons. The molecule has 0 atom stereocenters. The maximum Gasteiger partial charge on any atom is 0.226 e. The highest BCUT2D eigenvalue weighted by molar-refractivity contribution is 6.00. The second-order valence-corrected chi connectivity index (χ2v) is 5.53. The third-order valence-electron chi connectivity index (χ3n) is 3.76. The fourth-order valence-corrected chi connectivity index (χ4v) is 2.62. The predicted molar refractivity (Wildman–Crippen MR) is 101 cm³/mol. The molecule has 1 amide bonds. The molecule has 2 aromatic carbocycles. The number of hydrogen-bond acceptors (Lipinski definition) is 4. The van der Waals surface area contributed by atoms with Gasteiger partial charge in [-0.3, -0.25) is 9.78 Å². The molecule has 0 unspecified atom stereocenters. The van der Waals surface area contributed by atoms with Gasteiger partial charge in [0.15, 0.2) is 0 Å². The molecule has 0 spiro atoms. The molecule has 0 fully saturated rings. The number of benzene rings is 2. The molecule has 0 aliphatic rings. The van der Waals surface area contributed by atoms with Crippen molar-refractivity contribution in [2.75, 3.05) is 23.8 Å². The Bertz CT molecular complexity index is 859. The number of nitrogens with one attached hydrogen (secondary N) is 2. The Morgan fingerprint density at radius 3 is 2.72 bits per heavy atom. The zero-order valence-electron chi connectivity index (χ0n) is 14.2. The number of amides is 1. The lowest BCUT2D eigenvalue weighted by Gasteiger charge is -2.12. The van der Waals surface area contributed by atoms with Crippen LogP contribution < -0.4 is 15.4 Å². The van der Waals surface area contributed by atoms with Gasteiger partial charge in [0.25, 0.3) is 0 Å². The molecular formula is C20H21N3O2. The van der Waals surface area contributed by atoms with E-state index in [4.69, 9.17) is 4.74 Å². The van der Waals surface area contributed by atoms with Crippen LogP contribution in [0, 0.1) is 0 Å². The van der Waals surface area contributed by atoms with Gasteiger partial charge in [0, 0.05) is 24.5 Å². The summed E-state index contributed by atoms with van der Waals surface area (Å²) in [5.41, 5.74) is 2.43. The summed E-state index contributed by atoms with van der Waals surface area (Å²) in [4.78, 5) is 16.6. The summed E-state index contributed by atoms with van der Waals surface area (Å²) >= 11 is 0. The highest BCUT2D eigenvalue weighted by Gasteiger charge is 2.07. The molecule has 0 bridgehead atoms. The topological polar surface area (TPSA) is 63.2 Å². The minimum absolute atomic E-state index is 0.0560. The van der Waals surface area contributed by atoms with Crippen LogP contribution >= 0.6 is 0 Å². The standard InChI is InChI=1S/C20H21N3O2/c1-2-25-18-11-4-3-9-16(18)21-14-12-19(24)23-17-10-5-7-15-8-6-13-22-20(15)17/h3-11,13,21H,2,12,14H2,1H3,(H,23,24). The Labute approximate surface area is 147 Å². The molecule has 0 saturated heterocycles. The number of pyridine rings is 1. The largest absolute Gasteiger partial charge is 0.492 e. The van der Waals surface area contributed by atoms with Crippen LogP contribution in [0.5, 0.6) is 5.75 Å². The molecule has 25 heavy (non-hydrogen) atoms. The van der Waals surface area contributed by atoms with E-state index in [2.05, 4.69) is 15.6 Å². The van der Waals surface area contributed by atoms with Gasteiger partial charge >= 0.3 is 0 Å². The van der Waals surface area contributed by atoms with Gasteiger partial charge < -0.3 is 15.4 Å². The van der Waals surface area contributed by atoms with E-state index in [1.165, 1.54) is 0 Å². The summed E-state index contributed by atoms with van der Waals surface area (Å²) in [5, 5.41) is 7.19. The number of rotatable bonds is 7. The molecule has 5 heteroatoms. The van der Waals surface area contributed by atoms with Crippen LogP contribution in [0.1, 0.15) is 13.3 Å². The number of ether oxygens (including phenoxy) is 1. The van der Waals surface area contributed by atoms with Crippen molar-refractivity contribution in [3.63, 3.8) is 0 Å². The number of para-hydroxylation sites is 3. The van der Waals surface area contributed by atoms with Crippen LogP contribution in [0.2, 0.25) is 0 Å². The van der Waals surface area contributed by atoms with Crippen LogP contribution in [0.4, 0.5) is 11.4 Å². The molecule has 5 nitrogen and oxygen atoms in total. The Kier molecular flexibility index (Phi) is 5.46. The van der Waals surface area contributed by atoms with E-state index in [1.807, 2.05) is 61.5 Å². The van der Waals surface area contributed by atoms with Crippen LogP contribution in [-0.4, -0.2) is 24.0 Å². The lowest BCUT2D eigenvalue weighted by Crippen LogP contribution is -2.16. The third-order valence-corrected chi connectivity index (χ3v) is 3.76. The maximum atomic E-state index is 12.2. The lowest BCUT2D eigenvalue weighted by atomic mass is 10.2. The summed E-state index contributed by atoms with van der Waals surface area (Å²) in [6, 6.07) is 17.3. The van der Waals surface area contributed by atoms with Gasteiger partial charge in [-0.1, -0.05) is 30.3 Å². The number of fused-ring (bicyclic) bond motifs is 1. The van der Waals surface area contributed by atoms with Gasteiger partial charge in [-0.25, -0.2) is 0 Å². The zero-order chi connectivity index (χ0) is 17.5. The van der Waals surface area contributed by atoms with Gasteiger partial charge in [-0.05, 0) is 31.2 Å². The average Bonchev–Trinajstić information content (AvgIpc) is 2.64. The quantitative estimate of drug-likeness (QED) is 0.683. The van der Waals surface area contributed by atoms with E-state index in [-0.39, 0.29) is 5.91 Å². The molecule has 0 aliphatic heterocycles. The summed E-state index contributed by atoms with van der Waals surface area (Å²) in [7, 11) is 0. The van der Waals surface area contributed by atoms with Gasteiger partial charge in [0.1, 0.15) is 5.75 Å². The second-order valence-electron chi connectivity index (χ2n) is 5.53. The molecule has 0 saturated carbocycles. The van der Waals surface area contributed by atoms with E-state index >= 15 is 0 Å². The number of carbonyl (C=O) groups is 1. The number of carbonyl (C=O) groups excluding carboxylic acids is 1. The van der Waals surface area contributed by atoms with Gasteiger partial charge in [0.05, 0.1) is 23.5 Å². The smallest absolute Gasteiger partial charge is 0.226 e. The Morgan fingerprint density at radius 2 is 1.84 bits per heavy atom. The first-order valence-corrected chi connectivity index (χ1v) is 8.37. The van der Waals surface area contributed by atoms with Crippen molar-refractivity contribution >= 4 is 28.2 Å². The molecule has 3 rings (SSSR count). The van der Waals surface area contributed by atoms with E-state index in [1.54, 1.807) is 6.20 Å². The first kappa shape index (κ1) is 16.8. The maximum absolute atomic E-state index is 12.2. The van der Waals surface area contributed by atoms with E-state index in [9.17, 15) is 4.79 Å². The molecule has 1 aromatic heterocycles. The van der Waals surface area contributed by atoms with Crippen molar-refractivity contribution < 1.29 is 9.53 Å². The first-order chi connectivity index (χ1) is 12.3. The fraction of sp³-hybridized carbons (Fsp3) is 0.200. The van der Waals surface area contributed by atoms with Gasteiger partial charge in [-0.15, -0.1) is 0 Å².